The molecule has 150 valence electrons. The van der Waals surface area contributed by atoms with Crippen LogP contribution < -0.4 is 10.2 Å². The van der Waals surface area contributed by atoms with Gasteiger partial charge in [-0.05, 0) is 12.1 Å². The SMILES string of the molecule is O=C(O)c1ccccc1NC(=O)N1CCN(c2nc(-c3ccccc3)ns2)CC1.[NaH]. The summed E-state index contributed by atoms with van der Waals surface area (Å²) in [5.41, 5.74) is 1.34. The van der Waals surface area contributed by atoms with Crippen LogP contribution in [0.3, 0.4) is 0 Å². The number of nitrogens with one attached hydrogen (secondary N) is 1. The number of carboxylic acid groups (broad SMARTS) is 1. The summed E-state index contributed by atoms with van der Waals surface area (Å²) in [6, 6.07) is 15.9. The van der Waals surface area contributed by atoms with Gasteiger partial charge in [-0.2, -0.15) is 9.36 Å². The summed E-state index contributed by atoms with van der Waals surface area (Å²) in [6.45, 7) is 2.30. The number of anilines is 2. The van der Waals surface area contributed by atoms with Crippen molar-refractivity contribution in [3.63, 3.8) is 0 Å². The van der Waals surface area contributed by atoms with Gasteiger partial charge in [0.1, 0.15) is 0 Å². The van der Waals surface area contributed by atoms with Crippen LogP contribution in [0.15, 0.2) is 54.6 Å². The summed E-state index contributed by atoms with van der Waals surface area (Å²) in [5.74, 6) is -0.368. The number of carbonyl (C=O) groups is 2. The van der Waals surface area contributed by atoms with E-state index >= 15 is 0 Å². The van der Waals surface area contributed by atoms with Crippen molar-refractivity contribution >= 4 is 63.9 Å². The van der Waals surface area contributed by atoms with Gasteiger partial charge in [0.15, 0.2) is 5.82 Å². The van der Waals surface area contributed by atoms with Crippen LogP contribution in [-0.2, 0) is 0 Å². The van der Waals surface area contributed by atoms with E-state index in [1.54, 1.807) is 23.1 Å². The third-order valence-corrected chi connectivity index (χ3v) is 5.46. The van der Waals surface area contributed by atoms with Gasteiger partial charge in [-0.1, -0.05) is 42.5 Å². The number of hydrogen-bond acceptors (Lipinski definition) is 6. The van der Waals surface area contributed by atoms with E-state index in [-0.39, 0.29) is 41.2 Å². The van der Waals surface area contributed by atoms with Gasteiger partial charge in [-0.3, -0.25) is 0 Å². The van der Waals surface area contributed by atoms with Crippen molar-refractivity contribution in [3.8, 4) is 11.4 Å². The predicted octanol–water partition coefficient (Wildman–Crippen LogP) is 2.61. The molecule has 2 aromatic carbocycles. The van der Waals surface area contributed by atoms with E-state index < -0.39 is 5.97 Å². The van der Waals surface area contributed by atoms with Crippen LogP contribution in [-0.4, -0.2) is 87.1 Å². The fourth-order valence-corrected chi connectivity index (χ4v) is 3.86. The first-order valence-electron chi connectivity index (χ1n) is 9.14. The van der Waals surface area contributed by atoms with Crippen LogP contribution in [0.1, 0.15) is 10.4 Å². The number of nitrogens with zero attached hydrogens (tertiary/aromatic N) is 4. The molecule has 2 heterocycles. The number of carbonyl (C=O) groups excluding carboxylic acids is 1. The number of benzene rings is 2. The number of amides is 2. The Bertz CT molecular complexity index is 1020. The molecule has 30 heavy (non-hydrogen) atoms. The maximum absolute atomic E-state index is 12.6. The number of aromatic carboxylic acids is 1. The fourth-order valence-electron chi connectivity index (χ4n) is 3.12. The van der Waals surface area contributed by atoms with Crippen molar-refractivity contribution in [1.29, 1.82) is 0 Å². The summed E-state index contributed by atoms with van der Waals surface area (Å²) in [7, 11) is 0. The molecular formula is C20H20N5NaO3S. The Kier molecular flexibility index (Phi) is 7.43. The zero-order chi connectivity index (χ0) is 20.2. The van der Waals surface area contributed by atoms with Crippen molar-refractivity contribution in [1.82, 2.24) is 14.3 Å². The molecule has 0 saturated carbocycles. The average Bonchev–Trinajstić information content (AvgIpc) is 3.25. The molecule has 8 nitrogen and oxygen atoms in total. The number of rotatable bonds is 4. The molecule has 0 atom stereocenters. The van der Waals surface area contributed by atoms with Gasteiger partial charge in [-0.25, -0.2) is 9.59 Å². The number of urea groups is 1. The monoisotopic (exact) mass is 433 g/mol. The minimum absolute atomic E-state index is 0. The third kappa shape index (κ3) is 4.99. The van der Waals surface area contributed by atoms with E-state index in [9.17, 15) is 14.7 Å². The van der Waals surface area contributed by atoms with Gasteiger partial charge in [0.2, 0.25) is 5.13 Å². The molecule has 1 aromatic heterocycles. The van der Waals surface area contributed by atoms with Crippen LogP contribution in [0.5, 0.6) is 0 Å². The Morgan fingerprint density at radius 2 is 1.63 bits per heavy atom. The molecule has 2 amide bonds. The van der Waals surface area contributed by atoms with Crippen molar-refractivity contribution in [3.05, 3.63) is 60.2 Å². The Balaban J connectivity index is 0.00000256. The summed E-state index contributed by atoms with van der Waals surface area (Å²) >= 11 is 1.35. The zero-order valence-electron chi connectivity index (χ0n) is 15.5. The van der Waals surface area contributed by atoms with Gasteiger partial charge in [0, 0.05) is 43.3 Å². The molecule has 2 N–H and O–H groups in total. The Hall–Kier alpha value is -2.46. The third-order valence-electron chi connectivity index (χ3n) is 4.68. The van der Waals surface area contributed by atoms with E-state index in [0.717, 1.165) is 10.7 Å². The van der Waals surface area contributed by atoms with E-state index in [2.05, 4.69) is 19.6 Å². The number of para-hydroxylation sites is 1. The molecule has 0 spiro atoms. The molecule has 0 unspecified atom stereocenters. The van der Waals surface area contributed by atoms with E-state index in [0.29, 0.717) is 37.7 Å². The first kappa shape index (κ1) is 22.2. The summed E-state index contributed by atoms with van der Waals surface area (Å²) in [5, 5.41) is 12.8. The Morgan fingerprint density at radius 3 is 2.33 bits per heavy atom. The van der Waals surface area contributed by atoms with Gasteiger partial charge < -0.3 is 20.2 Å². The summed E-state index contributed by atoms with van der Waals surface area (Å²) in [6.07, 6.45) is 0. The van der Waals surface area contributed by atoms with E-state index in [1.807, 2.05) is 30.3 Å². The van der Waals surface area contributed by atoms with Crippen molar-refractivity contribution in [2.75, 3.05) is 36.4 Å². The van der Waals surface area contributed by atoms with Crippen LogP contribution in [0.25, 0.3) is 11.4 Å². The molecule has 0 radical (unpaired) electrons. The van der Waals surface area contributed by atoms with Gasteiger partial charge in [0.05, 0.1) is 11.3 Å². The Morgan fingerprint density at radius 1 is 0.967 bits per heavy atom. The first-order valence-corrected chi connectivity index (χ1v) is 9.91. The average molecular weight is 433 g/mol. The van der Waals surface area contributed by atoms with Crippen LogP contribution in [0.2, 0.25) is 0 Å². The van der Waals surface area contributed by atoms with Crippen molar-refractivity contribution in [2.45, 2.75) is 0 Å². The fraction of sp³-hybridized carbons (Fsp3) is 0.200. The normalized spacial score (nSPS) is 13.5. The number of hydrogen-bond donors (Lipinski definition) is 2. The molecule has 1 aliphatic heterocycles. The van der Waals surface area contributed by atoms with E-state index in [1.165, 1.54) is 17.6 Å². The molecule has 1 fully saturated rings. The number of aromatic nitrogens is 2. The molecule has 1 saturated heterocycles. The maximum atomic E-state index is 12.6. The molecule has 10 heteroatoms. The van der Waals surface area contributed by atoms with E-state index in [4.69, 9.17) is 0 Å². The van der Waals surface area contributed by atoms with Gasteiger partial charge in [0.25, 0.3) is 0 Å². The zero-order valence-corrected chi connectivity index (χ0v) is 16.3. The topological polar surface area (TPSA) is 98.7 Å². The molecule has 0 aliphatic carbocycles. The minimum atomic E-state index is -1.07. The Labute approximate surface area is 200 Å². The second-order valence-electron chi connectivity index (χ2n) is 6.52. The first-order chi connectivity index (χ1) is 14.1. The predicted molar refractivity (Wildman–Crippen MR) is 119 cm³/mol. The quantitative estimate of drug-likeness (QED) is 0.614. The summed E-state index contributed by atoms with van der Waals surface area (Å²) in [4.78, 5) is 32.3. The van der Waals surface area contributed by atoms with Crippen LogP contribution in [0, 0.1) is 0 Å². The number of carboxylic acids is 1. The van der Waals surface area contributed by atoms with Gasteiger partial charge in [-0.15, -0.1) is 0 Å². The molecule has 0 bridgehead atoms. The summed E-state index contributed by atoms with van der Waals surface area (Å²) < 4.78 is 4.44. The number of piperazine rings is 1. The molecule has 4 rings (SSSR count). The van der Waals surface area contributed by atoms with Crippen molar-refractivity contribution < 1.29 is 14.7 Å². The second-order valence-corrected chi connectivity index (χ2v) is 7.25. The standard InChI is InChI=1S/C20H19N5O3S.Na.H/c26-18(27)15-8-4-5-9-16(15)21-19(28)24-10-12-25(13-11-24)20-22-17(23-29-20)14-6-2-1-3-7-14;;/h1-9H,10-13H2,(H,21,28)(H,26,27);;. The van der Waals surface area contributed by atoms with Crippen LogP contribution >= 0.6 is 11.5 Å². The van der Waals surface area contributed by atoms with Crippen LogP contribution in [0.4, 0.5) is 15.6 Å². The van der Waals surface area contributed by atoms with Gasteiger partial charge >= 0.3 is 41.6 Å². The second kappa shape index (κ2) is 10.0. The van der Waals surface area contributed by atoms with Crippen molar-refractivity contribution in [2.24, 2.45) is 0 Å². The molecular weight excluding hydrogens is 413 g/mol. The molecule has 1 aliphatic rings. The molecule has 3 aromatic rings.